The fourth-order valence-electron chi connectivity index (χ4n) is 6.88. The number of unbranched alkanes of at least 4 members (excludes halogenated alkanes) is 16. The number of aliphatic hydroxyl groups excluding tert-OH is 1. The van der Waals surface area contributed by atoms with E-state index in [9.17, 15) is 14.7 Å². The lowest BCUT2D eigenvalue weighted by Crippen LogP contribution is -2.46. The highest BCUT2D eigenvalue weighted by atomic mass is 16.6. The van der Waals surface area contributed by atoms with Crippen LogP contribution in [0.5, 0.6) is 0 Å². The second-order valence-electron chi connectivity index (χ2n) is 15.9. The molecule has 0 saturated heterocycles. The highest BCUT2D eigenvalue weighted by Gasteiger charge is 2.25. The molecule has 7 heteroatoms. The Morgan fingerprint density at radius 2 is 1.09 bits per heavy atom. The Bertz CT molecular complexity index is 1000. The van der Waals surface area contributed by atoms with Crippen molar-refractivity contribution < 1.29 is 24.2 Å². The van der Waals surface area contributed by atoms with E-state index in [1.807, 2.05) is 7.05 Å². The van der Waals surface area contributed by atoms with Crippen molar-refractivity contribution in [2.24, 2.45) is 0 Å². The van der Waals surface area contributed by atoms with Gasteiger partial charge in [0.25, 0.3) is 0 Å². The minimum Gasteiger partial charge on any atom is -0.462 e. The molecular weight excluding hydrogens is 685 g/mol. The van der Waals surface area contributed by atoms with Crippen LogP contribution in [0.4, 0.5) is 0 Å². The van der Waals surface area contributed by atoms with Gasteiger partial charge in [-0.15, -0.1) is 0 Å². The Labute approximate surface area is 339 Å². The van der Waals surface area contributed by atoms with Crippen LogP contribution >= 0.6 is 0 Å². The minimum atomic E-state index is -0.487. The minimum absolute atomic E-state index is 0.0975. The number of carbonyl (C=O) groups excluding carboxylic acids is 2. The Kier molecular flexibility index (Phi) is 35.7. The average molecular weight is 771 g/mol. The summed E-state index contributed by atoms with van der Waals surface area (Å²) in [6.45, 7) is 7.62. The zero-order chi connectivity index (χ0) is 39.9. The zero-order valence-electron chi connectivity index (χ0n) is 36.1. The lowest BCUT2D eigenvalue weighted by atomic mass is 9.91. The molecule has 1 aliphatic carbocycles. The van der Waals surface area contributed by atoms with Crippen LogP contribution in [0.1, 0.15) is 187 Å². The molecule has 0 aromatic carbocycles. The summed E-state index contributed by atoms with van der Waals surface area (Å²) in [5.41, 5.74) is 0. The van der Waals surface area contributed by atoms with Crippen LogP contribution in [0, 0.1) is 0 Å². The SMILES string of the molecule is CCCCC/C=C\C/C=C\CCCCCCCC(=O)OCC(CN(C)CCN(CCO)C1CCC1)OC(=O)CCCCCCC/C=C\C/C=C\CCCCC. The van der Waals surface area contributed by atoms with Gasteiger partial charge in [-0.25, -0.2) is 0 Å². The number of aliphatic hydroxyl groups is 1. The maximum Gasteiger partial charge on any atom is 0.306 e. The zero-order valence-corrected chi connectivity index (χ0v) is 36.1. The summed E-state index contributed by atoms with van der Waals surface area (Å²) in [7, 11) is 2.03. The van der Waals surface area contributed by atoms with Crippen LogP contribution in [0.15, 0.2) is 48.6 Å². The van der Waals surface area contributed by atoms with Gasteiger partial charge in [-0.05, 0) is 96.9 Å². The standard InChI is InChI=1S/C48H86N2O5/c1-4-6-8-10-12-14-16-18-20-22-24-26-28-30-32-37-47(52)54-44-46(43-49(3)39-40-50(41-42-51)45-35-34-36-45)55-48(53)38-33-31-29-27-25-23-21-19-17-15-13-11-9-7-5-2/h12-15,18-21,45-46,51H,4-11,16-17,22-44H2,1-3H3/b14-12-,15-13-,20-18-,21-19-. The van der Waals surface area contributed by atoms with Gasteiger partial charge in [0.05, 0.1) is 6.61 Å². The molecular formula is C48H86N2O5. The van der Waals surface area contributed by atoms with E-state index in [-0.39, 0.29) is 25.2 Å². The topological polar surface area (TPSA) is 79.3 Å². The van der Waals surface area contributed by atoms with E-state index in [1.54, 1.807) is 0 Å². The van der Waals surface area contributed by atoms with Crippen molar-refractivity contribution >= 4 is 11.9 Å². The third-order valence-corrected chi connectivity index (χ3v) is 10.7. The molecule has 1 N–H and O–H groups in total. The molecule has 55 heavy (non-hydrogen) atoms. The van der Waals surface area contributed by atoms with Gasteiger partial charge in [0.1, 0.15) is 12.7 Å². The molecule has 1 saturated carbocycles. The second kappa shape index (κ2) is 38.6. The van der Waals surface area contributed by atoms with Gasteiger partial charge in [-0.3, -0.25) is 14.5 Å². The van der Waals surface area contributed by atoms with E-state index in [0.717, 1.165) is 77.3 Å². The number of hydrogen-bond acceptors (Lipinski definition) is 7. The second-order valence-corrected chi connectivity index (χ2v) is 15.9. The molecule has 0 aliphatic heterocycles. The number of carbonyl (C=O) groups is 2. The monoisotopic (exact) mass is 771 g/mol. The molecule has 318 valence electrons. The quantitative estimate of drug-likeness (QED) is 0.0379. The Balaban J connectivity index is 2.33. The van der Waals surface area contributed by atoms with Gasteiger partial charge in [0.15, 0.2) is 0 Å². The molecule has 0 aromatic heterocycles. The molecule has 0 heterocycles. The molecule has 1 atom stereocenters. The van der Waals surface area contributed by atoms with E-state index in [2.05, 4.69) is 72.3 Å². The summed E-state index contributed by atoms with van der Waals surface area (Å²) in [6.07, 6.45) is 47.5. The van der Waals surface area contributed by atoms with Crippen molar-refractivity contribution in [3.05, 3.63) is 48.6 Å². The smallest absolute Gasteiger partial charge is 0.306 e. The fourth-order valence-corrected chi connectivity index (χ4v) is 6.88. The van der Waals surface area contributed by atoms with Crippen molar-refractivity contribution in [2.75, 3.05) is 46.4 Å². The van der Waals surface area contributed by atoms with E-state index in [1.165, 1.54) is 96.3 Å². The summed E-state index contributed by atoms with van der Waals surface area (Å²) in [6, 6.07) is 0.563. The lowest BCUT2D eigenvalue weighted by molar-refractivity contribution is -0.160. The predicted molar refractivity (Wildman–Crippen MR) is 233 cm³/mol. The van der Waals surface area contributed by atoms with Gasteiger partial charge in [-0.2, -0.15) is 0 Å². The largest absolute Gasteiger partial charge is 0.462 e. The van der Waals surface area contributed by atoms with Crippen molar-refractivity contribution in [1.82, 2.24) is 9.80 Å². The van der Waals surface area contributed by atoms with E-state index < -0.39 is 6.10 Å². The average Bonchev–Trinajstić information content (AvgIpc) is 3.15. The number of ether oxygens (including phenoxy) is 2. The molecule has 0 spiro atoms. The van der Waals surface area contributed by atoms with Crippen molar-refractivity contribution in [1.29, 1.82) is 0 Å². The first-order valence-corrected chi connectivity index (χ1v) is 23.0. The first kappa shape index (κ1) is 50.8. The molecule has 0 aromatic rings. The fraction of sp³-hybridized carbons (Fsp3) is 0.792. The summed E-state index contributed by atoms with van der Waals surface area (Å²) in [5.74, 6) is -0.410. The molecule has 0 radical (unpaired) electrons. The Morgan fingerprint density at radius 3 is 1.56 bits per heavy atom. The third kappa shape index (κ3) is 32.6. The highest BCUT2D eigenvalue weighted by molar-refractivity contribution is 5.70. The van der Waals surface area contributed by atoms with Gasteiger partial charge < -0.3 is 19.5 Å². The number of esters is 2. The van der Waals surface area contributed by atoms with E-state index >= 15 is 0 Å². The number of allylic oxidation sites excluding steroid dienone is 8. The van der Waals surface area contributed by atoms with Gasteiger partial charge in [0, 0.05) is 45.1 Å². The molecule has 1 fully saturated rings. The number of rotatable bonds is 39. The van der Waals surface area contributed by atoms with Gasteiger partial charge in [-0.1, -0.05) is 133 Å². The molecule has 1 unspecified atom stereocenters. The summed E-state index contributed by atoms with van der Waals surface area (Å²) in [5, 5.41) is 9.55. The van der Waals surface area contributed by atoms with E-state index in [0.29, 0.717) is 32.0 Å². The summed E-state index contributed by atoms with van der Waals surface area (Å²) >= 11 is 0. The van der Waals surface area contributed by atoms with Crippen LogP contribution in [0.3, 0.4) is 0 Å². The molecule has 0 bridgehead atoms. The molecule has 1 rings (SSSR count). The summed E-state index contributed by atoms with van der Waals surface area (Å²) in [4.78, 5) is 30.1. The Hall–Kier alpha value is -2.22. The molecule has 0 amide bonds. The number of nitrogens with zero attached hydrogens (tertiary/aromatic N) is 2. The Morgan fingerprint density at radius 1 is 0.618 bits per heavy atom. The maximum absolute atomic E-state index is 12.9. The third-order valence-electron chi connectivity index (χ3n) is 10.7. The van der Waals surface area contributed by atoms with E-state index in [4.69, 9.17) is 9.47 Å². The van der Waals surface area contributed by atoms with Crippen LogP contribution < -0.4 is 0 Å². The number of hydrogen-bond donors (Lipinski definition) is 1. The highest BCUT2D eigenvalue weighted by Crippen LogP contribution is 2.24. The maximum atomic E-state index is 12.9. The first-order valence-electron chi connectivity index (χ1n) is 23.0. The molecule has 7 nitrogen and oxygen atoms in total. The van der Waals surface area contributed by atoms with Crippen LogP contribution in [-0.4, -0.2) is 85.4 Å². The van der Waals surface area contributed by atoms with Gasteiger partial charge >= 0.3 is 11.9 Å². The van der Waals surface area contributed by atoms with Crippen molar-refractivity contribution in [3.8, 4) is 0 Å². The first-order chi connectivity index (χ1) is 27.0. The van der Waals surface area contributed by atoms with Crippen molar-refractivity contribution in [2.45, 2.75) is 199 Å². The lowest BCUT2D eigenvalue weighted by Gasteiger charge is -2.38. The van der Waals surface area contributed by atoms with Crippen LogP contribution in [0.2, 0.25) is 0 Å². The molecule has 1 aliphatic rings. The summed E-state index contributed by atoms with van der Waals surface area (Å²) < 4.78 is 11.6. The van der Waals surface area contributed by atoms with Gasteiger partial charge in [0.2, 0.25) is 0 Å². The van der Waals surface area contributed by atoms with Crippen LogP contribution in [0.25, 0.3) is 0 Å². The normalized spacial score (nSPS) is 14.4. The van der Waals surface area contributed by atoms with Crippen LogP contribution in [-0.2, 0) is 19.1 Å². The predicted octanol–water partition coefficient (Wildman–Crippen LogP) is 11.8. The van der Waals surface area contributed by atoms with Crippen molar-refractivity contribution in [3.63, 3.8) is 0 Å². The number of likely N-dealkylation sites (N-methyl/N-ethyl adjacent to an activating group) is 1.